The van der Waals surface area contributed by atoms with Crippen LogP contribution in [0.1, 0.15) is 22.3 Å². The summed E-state index contributed by atoms with van der Waals surface area (Å²) in [7, 11) is 1.89. The SMILES string of the molecule is CNCc1ccccc1C1=C(C(=O)O)Cc2ccccc21. The number of fused-ring (bicyclic) bond motifs is 1. The second kappa shape index (κ2) is 5.54. The fourth-order valence-electron chi connectivity index (χ4n) is 2.96. The Balaban J connectivity index is 2.23. The van der Waals surface area contributed by atoms with E-state index in [0.29, 0.717) is 12.0 Å². The van der Waals surface area contributed by atoms with Gasteiger partial charge in [0.1, 0.15) is 0 Å². The Labute approximate surface area is 123 Å². The van der Waals surface area contributed by atoms with E-state index in [1.165, 1.54) is 0 Å². The third-order valence-electron chi connectivity index (χ3n) is 3.87. The molecule has 3 nitrogen and oxygen atoms in total. The van der Waals surface area contributed by atoms with Gasteiger partial charge in [0.25, 0.3) is 0 Å². The van der Waals surface area contributed by atoms with Crippen molar-refractivity contribution in [3.05, 3.63) is 76.4 Å². The summed E-state index contributed by atoms with van der Waals surface area (Å²) in [4.78, 5) is 11.6. The van der Waals surface area contributed by atoms with Gasteiger partial charge in [0.15, 0.2) is 0 Å². The quantitative estimate of drug-likeness (QED) is 0.904. The summed E-state index contributed by atoms with van der Waals surface area (Å²) in [5.41, 5.74) is 5.60. The number of aliphatic carboxylic acids is 1. The maximum absolute atomic E-state index is 11.6. The average molecular weight is 279 g/mol. The van der Waals surface area contributed by atoms with Crippen molar-refractivity contribution < 1.29 is 9.90 Å². The molecule has 0 fully saturated rings. The Hall–Kier alpha value is -2.39. The van der Waals surface area contributed by atoms with Crippen LogP contribution in [0, 0.1) is 0 Å². The number of carbonyl (C=O) groups is 1. The van der Waals surface area contributed by atoms with Gasteiger partial charge in [-0.2, -0.15) is 0 Å². The molecule has 106 valence electrons. The third kappa shape index (κ3) is 2.36. The molecular weight excluding hydrogens is 262 g/mol. The van der Waals surface area contributed by atoms with Crippen molar-refractivity contribution in [2.24, 2.45) is 0 Å². The predicted octanol–water partition coefficient (Wildman–Crippen LogP) is 2.85. The Bertz CT molecular complexity index is 732. The normalized spacial score (nSPS) is 13.4. The van der Waals surface area contributed by atoms with Gasteiger partial charge in [0.2, 0.25) is 0 Å². The number of rotatable bonds is 4. The number of carboxylic acids is 1. The summed E-state index contributed by atoms with van der Waals surface area (Å²) in [6.07, 6.45) is 0.495. The van der Waals surface area contributed by atoms with E-state index in [1.807, 2.05) is 55.6 Å². The van der Waals surface area contributed by atoms with E-state index < -0.39 is 5.97 Å². The van der Waals surface area contributed by atoms with E-state index in [-0.39, 0.29) is 0 Å². The first-order chi connectivity index (χ1) is 10.2. The molecule has 2 N–H and O–H groups in total. The van der Waals surface area contributed by atoms with E-state index in [9.17, 15) is 9.90 Å². The molecule has 3 rings (SSSR count). The first-order valence-electron chi connectivity index (χ1n) is 7.00. The molecule has 0 heterocycles. The molecule has 2 aromatic rings. The minimum Gasteiger partial charge on any atom is -0.478 e. The van der Waals surface area contributed by atoms with Crippen LogP contribution in [0.2, 0.25) is 0 Å². The summed E-state index contributed by atoms with van der Waals surface area (Å²) in [5, 5.41) is 12.7. The lowest BCUT2D eigenvalue weighted by atomic mass is 9.93. The van der Waals surface area contributed by atoms with Gasteiger partial charge in [-0.05, 0) is 29.3 Å². The zero-order chi connectivity index (χ0) is 14.8. The first kappa shape index (κ1) is 13.6. The van der Waals surface area contributed by atoms with Crippen molar-refractivity contribution in [2.75, 3.05) is 7.05 Å². The Morgan fingerprint density at radius 3 is 2.48 bits per heavy atom. The summed E-state index contributed by atoms with van der Waals surface area (Å²) in [5.74, 6) is -0.833. The molecule has 0 spiro atoms. The van der Waals surface area contributed by atoms with E-state index in [4.69, 9.17) is 0 Å². The molecule has 0 amide bonds. The van der Waals surface area contributed by atoms with Crippen LogP contribution in [-0.2, 0) is 17.8 Å². The predicted molar refractivity (Wildman–Crippen MR) is 83.0 cm³/mol. The van der Waals surface area contributed by atoms with Crippen LogP contribution in [-0.4, -0.2) is 18.1 Å². The lowest BCUT2D eigenvalue weighted by Crippen LogP contribution is -2.09. The van der Waals surface area contributed by atoms with Gasteiger partial charge in [0, 0.05) is 24.1 Å². The van der Waals surface area contributed by atoms with Crippen LogP contribution in [0.4, 0.5) is 0 Å². The summed E-state index contributed by atoms with van der Waals surface area (Å²) < 4.78 is 0. The third-order valence-corrected chi connectivity index (χ3v) is 3.87. The van der Waals surface area contributed by atoms with Crippen molar-refractivity contribution >= 4 is 11.5 Å². The Morgan fingerprint density at radius 2 is 1.76 bits per heavy atom. The van der Waals surface area contributed by atoms with E-state index in [0.717, 1.165) is 34.4 Å². The standard InChI is InChI=1S/C18H17NO2/c1-19-11-13-7-3-5-9-15(13)17-14-8-4-2-6-12(14)10-16(17)18(20)21/h2-9,19H,10-11H2,1H3,(H,20,21). The molecule has 21 heavy (non-hydrogen) atoms. The topological polar surface area (TPSA) is 49.3 Å². The summed E-state index contributed by atoms with van der Waals surface area (Å²) in [6.45, 7) is 0.717. The fraction of sp³-hybridized carbons (Fsp3) is 0.167. The minimum atomic E-state index is -0.833. The largest absolute Gasteiger partial charge is 0.478 e. The molecule has 0 unspecified atom stereocenters. The summed E-state index contributed by atoms with van der Waals surface area (Å²) >= 11 is 0. The van der Waals surface area contributed by atoms with Gasteiger partial charge in [-0.15, -0.1) is 0 Å². The van der Waals surface area contributed by atoms with Gasteiger partial charge in [0.05, 0.1) is 0 Å². The van der Waals surface area contributed by atoms with Crippen LogP contribution in [0.25, 0.3) is 5.57 Å². The maximum atomic E-state index is 11.6. The van der Waals surface area contributed by atoms with Gasteiger partial charge in [-0.1, -0.05) is 48.5 Å². The molecule has 0 saturated carbocycles. The van der Waals surface area contributed by atoms with E-state index in [2.05, 4.69) is 5.32 Å². The zero-order valence-electron chi connectivity index (χ0n) is 11.9. The highest BCUT2D eigenvalue weighted by Gasteiger charge is 2.27. The van der Waals surface area contributed by atoms with Crippen LogP contribution in [0.5, 0.6) is 0 Å². The van der Waals surface area contributed by atoms with Crippen molar-refractivity contribution in [3.63, 3.8) is 0 Å². The molecule has 0 aliphatic heterocycles. The van der Waals surface area contributed by atoms with Crippen molar-refractivity contribution in [1.82, 2.24) is 5.32 Å². The maximum Gasteiger partial charge on any atom is 0.332 e. The number of nitrogens with one attached hydrogen (secondary N) is 1. The molecule has 1 aliphatic rings. The van der Waals surface area contributed by atoms with Crippen LogP contribution in [0.15, 0.2) is 54.1 Å². The fourth-order valence-corrected chi connectivity index (χ4v) is 2.96. The van der Waals surface area contributed by atoms with Gasteiger partial charge in [-0.25, -0.2) is 4.79 Å². The molecule has 0 aromatic heterocycles. The van der Waals surface area contributed by atoms with Crippen molar-refractivity contribution in [1.29, 1.82) is 0 Å². The van der Waals surface area contributed by atoms with Crippen molar-refractivity contribution in [3.8, 4) is 0 Å². The van der Waals surface area contributed by atoms with Gasteiger partial charge >= 0.3 is 5.97 Å². The number of hydrogen-bond acceptors (Lipinski definition) is 2. The first-order valence-corrected chi connectivity index (χ1v) is 7.00. The lowest BCUT2D eigenvalue weighted by Gasteiger charge is -2.13. The average Bonchev–Trinajstić information content (AvgIpc) is 2.88. The molecular formula is C18H17NO2. The zero-order valence-corrected chi connectivity index (χ0v) is 11.9. The Morgan fingerprint density at radius 1 is 1.10 bits per heavy atom. The highest BCUT2D eigenvalue weighted by atomic mass is 16.4. The highest BCUT2D eigenvalue weighted by Crippen LogP contribution is 2.38. The molecule has 3 heteroatoms. The molecule has 0 bridgehead atoms. The Kier molecular flexibility index (Phi) is 3.59. The number of benzene rings is 2. The van der Waals surface area contributed by atoms with Crippen LogP contribution >= 0.6 is 0 Å². The second-order valence-electron chi connectivity index (χ2n) is 5.18. The van der Waals surface area contributed by atoms with Gasteiger partial charge < -0.3 is 10.4 Å². The highest BCUT2D eigenvalue weighted by molar-refractivity contribution is 6.04. The monoisotopic (exact) mass is 279 g/mol. The van der Waals surface area contributed by atoms with E-state index in [1.54, 1.807) is 0 Å². The second-order valence-corrected chi connectivity index (χ2v) is 5.18. The molecule has 1 aliphatic carbocycles. The van der Waals surface area contributed by atoms with E-state index >= 15 is 0 Å². The molecule has 0 atom stereocenters. The lowest BCUT2D eigenvalue weighted by molar-refractivity contribution is -0.132. The van der Waals surface area contributed by atoms with Crippen molar-refractivity contribution in [2.45, 2.75) is 13.0 Å². The molecule has 2 aromatic carbocycles. The summed E-state index contributed by atoms with van der Waals surface area (Å²) in [6, 6.07) is 15.9. The molecule has 0 radical (unpaired) electrons. The molecule has 0 saturated heterocycles. The number of carboxylic acid groups (broad SMARTS) is 1. The van der Waals surface area contributed by atoms with Crippen LogP contribution in [0.3, 0.4) is 0 Å². The minimum absolute atomic E-state index is 0.486. The van der Waals surface area contributed by atoms with Gasteiger partial charge in [-0.3, -0.25) is 0 Å². The number of hydrogen-bond donors (Lipinski definition) is 2. The smallest absolute Gasteiger partial charge is 0.332 e. The van der Waals surface area contributed by atoms with Crippen LogP contribution < -0.4 is 5.32 Å².